The molecule has 0 saturated carbocycles. The van der Waals surface area contributed by atoms with E-state index in [1.807, 2.05) is 0 Å². The molecule has 0 amide bonds. The fourth-order valence-electron chi connectivity index (χ4n) is 2.98. The highest BCUT2D eigenvalue weighted by molar-refractivity contribution is 7.53. The van der Waals surface area contributed by atoms with E-state index in [1.165, 1.54) is 0 Å². The highest BCUT2D eigenvalue weighted by Gasteiger charge is 2.27. The summed E-state index contributed by atoms with van der Waals surface area (Å²) in [5.41, 5.74) is 0. The Morgan fingerprint density at radius 3 is 1.70 bits per heavy atom. The van der Waals surface area contributed by atoms with Crippen LogP contribution in [0.25, 0.3) is 0 Å². The molecule has 0 aliphatic heterocycles. The van der Waals surface area contributed by atoms with Gasteiger partial charge < -0.3 is 14.2 Å². The van der Waals surface area contributed by atoms with Crippen LogP contribution in [-0.4, -0.2) is 30.5 Å². The molecule has 5 nitrogen and oxygen atoms in total. The zero-order valence-corrected chi connectivity index (χ0v) is 19.0. The summed E-state index contributed by atoms with van der Waals surface area (Å²) >= 11 is 0. The fourth-order valence-corrected chi connectivity index (χ4v) is 4.80. The van der Waals surface area contributed by atoms with Crippen molar-refractivity contribution in [2.24, 2.45) is 11.8 Å². The largest absolute Gasteiger partial charge is 0.481 e. The molecule has 6 heteroatoms. The Labute approximate surface area is 167 Å². The molecular formula is C21H43O5P. The van der Waals surface area contributed by atoms with E-state index in [-0.39, 0.29) is 6.42 Å². The van der Waals surface area contributed by atoms with E-state index in [4.69, 9.17) is 14.2 Å². The van der Waals surface area contributed by atoms with Crippen molar-refractivity contribution >= 4 is 13.6 Å². The van der Waals surface area contributed by atoms with E-state index in [1.54, 1.807) is 0 Å². The van der Waals surface area contributed by atoms with E-state index < -0.39 is 13.6 Å². The van der Waals surface area contributed by atoms with E-state index in [2.05, 4.69) is 27.7 Å². The van der Waals surface area contributed by atoms with E-state index in [9.17, 15) is 9.36 Å². The molecular weight excluding hydrogens is 363 g/mol. The average Bonchev–Trinajstić information content (AvgIpc) is 2.65. The fraction of sp³-hybridized carbons (Fsp3) is 0.952. The van der Waals surface area contributed by atoms with Gasteiger partial charge in [-0.2, -0.15) is 0 Å². The first kappa shape index (κ1) is 26.6. The number of carbonyl (C=O) groups is 1. The third-order valence-corrected chi connectivity index (χ3v) is 7.12. The number of aliphatic carboxylic acids is 1. The molecule has 0 bridgehead atoms. The Morgan fingerprint density at radius 1 is 0.852 bits per heavy atom. The maximum atomic E-state index is 13.3. The van der Waals surface area contributed by atoms with E-state index in [0.717, 1.165) is 51.4 Å². The summed E-state index contributed by atoms with van der Waals surface area (Å²) in [4.78, 5) is 10.7. The van der Waals surface area contributed by atoms with Crippen molar-refractivity contribution in [2.45, 2.75) is 98.3 Å². The Kier molecular flexibility index (Phi) is 16.3. The Hall–Kier alpha value is -0.380. The van der Waals surface area contributed by atoms with Crippen LogP contribution < -0.4 is 0 Å². The van der Waals surface area contributed by atoms with E-state index in [0.29, 0.717) is 44.1 Å². The lowest BCUT2D eigenvalue weighted by Gasteiger charge is -2.24. The molecule has 0 heterocycles. The summed E-state index contributed by atoms with van der Waals surface area (Å²) < 4.78 is 25.0. The van der Waals surface area contributed by atoms with Gasteiger partial charge in [-0.15, -0.1) is 0 Å². The first-order valence-electron chi connectivity index (χ1n) is 11.0. The predicted octanol–water partition coefficient (Wildman–Crippen LogP) is 6.90. The third-order valence-electron chi connectivity index (χ3n) is 5.17. The van der Waals surface area contributed by atoms with Crippen molar-refractivity contribution in [3.8, 4) is 0 Å². The van der Waals surface area contributed by atoms with Gasteiger partial charge in [-0.1, -0.05) is 66.2 Å². The van der Waals surface area contributed by atoms with Crippen LogP contribution >= 0.6 is 7.60 Å². The van der Waals surface area contributed by atoms with Gasteiger partial charge in [-0.25, -0.2) is 0 Å². The van der Waals surface area contributed by atoms with Crippen LogP contribution in [0.5, 0.6) is 0 Å². The van der Waals surface area contributed by atoms with Gasteiger partial charge in [-0.3, -0.25) is 9.36 Å². The molecule has 0 radical (unpaired) electrons. The van der Waals surface area contributed by atoms with Gasteiger partial charge >= 0.3 is 13.6 Å². The van der Waals surface area contributed by atoms with Crippen LogP contribution in [0.1, 0.15) is 98.3 Å². The Bertz CT molecular complexity index is 389. The van der Waals surface area contributed by atoms with Gasteiger partial charge in [0, 0.05) is 6.42 Å². The van der Waals surface area contributed by atoms with Gasteiger partial charge in [0.25, 0.3) is 0 Å². The molecule has 0 aromatic heterocycles. The molecule has 0 spiro atoms. The summed E-state index contributed by atoms with van der Waals surface area (Å²) in [6.45, 7) is 9.56. The lowest BCUT2D eigenvalue weighted by Crippen LogP contribution is -2.14. The van der Waals surface area contributed by atoms with Gasteiger partial charge in [0.05, 0.1) is 19.4 Å². The zero-order valence-electron chi connectivity index (χ0n) is 18.1. The minimum Gasteiger partial charge on any atom is -0.481 e. The monoisotopic (exact) mass is 406 g/mol. The second-order valence-electron chi connectivity index (χ2n) is 7.61. The number of hydrogen-bond donors (Lipinski definition) is 1. The molecule has 0 saturated heterocycles. The zero-order chi connectivity index (χ0) is 20.5. The van der Waals surface area contributed by atoms with Crippen LogP contribution in [0.2, 0.25) is 0 Å². The van der Waals surface area contributed by atoms with Crippen molar-refractivity contribution in [3.63, 3.8) is 0 Å². The van der Waals surface area contributed by atoms with Crippen LogP contribution in [-0.2, 0) is 18.4 Å². The lowest BCUT2D eigenvalue weighted by atomic mass is 10.0. The third kappa shape index (κ3) is 14.3. The normalized spacial score (nSPS) is 16.0. The summed E-state index contributed by atoms with van der Waals surface area (Å²) in [6, 6.07) is 0. The predicted molar refractivity (Wildman–Crippen MR) is 112 cm³/mol. The molecule has 1 N–H and O–H groups in total. The van der Waals surface area contributed by atoms with Crippen LogP contribution in [0.3, 0.4) is 0 Å². The smallest absolute Gasteiger partial charge is 0.330 e. The van der Waals surface area contributed by atoms with Crippen LogP contribution in [0, 0.1) is 11.8 Å². The molecule has 0 aromatic rings. The van der Waals surface area contributed by atoms with Crippen molar-refractivity contribution < 1.29 is 23.5 Å². The minimum atomic E-state index is -3.17. The molecule has 2 atom stereocenters. The van der Waals surface area contributed by atoms with Crippen LogP contribution in [0.4, 0.5) is 0 Å². The molecule has 0 aliphatic rings. The number of rotatable bonds is 19. The summed E-state index contributed by atoms with van der Waals surface area (Å²) in [5, 5.41) is 8.79. The maximum absolute atomic E-state index is 13.3. The van der Waals surface area contributed by atoms with Gasteiger partial charge in [0.15, 0.2) is 0 Å². The SMILES string of the molecule is CCCCC(CC)COP(=O)(CCCCC(=O)O)OCC(CC)CCCC. The first-order chi connectivity index (χ1) is 12.9. The second-order valence-corrected chi connectivity index (χ2v) is 9.80. The van der Waals surface area contributed by atoms with Crippen molar-refractivity contribution in [3.05, 3.63) is 0 Å². The standard InChI is InChI=1S/C21H43O5P/c1-5-9-13-19(7-3)17-25-27(24,16-12-11-15-21(22)23)26-18-20(8-4)14-10-6-2/h19-20H,5-18H2,1-4H3,(H,22,23). The number of carboxylic acid groups (broad SMARTS) is 1. The van der Waals surface area contributed by atoms with Gasteiger partial charge in [0.2, 0.25) is 0 Å². The number of hydrogen-bond acceptors (Lipinski definition) is 4. The molecule has 2 unspecified atom stereocenters. The molecule has 0 rings (SSSR count). The van der Waals surface area contributed by atoms with Crippen molar-refractivity contribution in [1.29, 1.82) is 0 Å². The molecule has 0 aliphatic carbocycles. The summed E-state index contributed by atoms with van der Waals surface area (Å²) in [5.74, 6) is -0.00573. The van der Waals surface area contributed by atoms with E-state index >= 15 is 0 Å². The van der Waals surface area contributed by atoms with Crippen molar-refractivity contribution in [2.75, 3.05) is 19.4 Å². The quantitative estimate of drug-likeness (QED) is 0.186. The van der Waals surface area contributed by atoms with Gasteiger partial charge in [0.1, 0.15) is 0 Å². The molecule has 27 heavy (non-hydrogen) atoms. The lowest BCUT2D eigenvalue weighted by molar-refractivity contribution is -0.137. The minimum absolute atomic E-state index is 0.0994. The first-order valence-corrected chi connectivity index (χ1v) is 12.7. The number of unbranched alkanes of at least 4 members (excludes halogenated alkanes) is 3. The van der Waals surface area contributed by atoms with Crippen LogP contribution in [0.15, 0.2) is 0 Å². The maximum Gasteiger partial charge on any atom is 0.330 e. The van der Waals surface area contributed by atoms with Gasteiger partial charge in [-0.05, 0) is 37.5 Å². The highest BCUT2D eigenvalue weighted by Crippen LogP contribution is 2.50. The Morgan fingerprint density at radius 2 is 1.33 bits per heavy atom. The molecule has 162 valence electrons. The molecule has 0 aromatic carbocycles. The van der Waals surface area contributed by atoms with Crippen molar-refractivity contribution in [1.82, 2.24) is 0 Å². The highest BCUT2D eigenvalue weighted by atomic mass is 31.2. The topological polar surface area (TPSA) is 72.8 Å². The second kappa shape index (κ2) is 16.6. The Balaban J connectivity index is 4.70. The summed E-state index contributed by atoms with van der Waals surface area (Å²) in [6.07, 6.45) is 10.3. The molecule has 0 fully saturated rings. The number of carboxylic acids is 1. The summed E-state index contributed by atoms with van der Waals surface area (Å²) in [7, 11) is -3.17. The average molecular weight is 407 g/mol.